The van der Waals surface area contributed by atoms with Gasteiger partial charge in [-0.2, -0.15) is 0 Å². The molecule has 1 aromatic heterocycles. The van der Waals surface area contributed by atoms with E-state index in [1.54, 1.807) is 0 Å². The van der Waals surface area contributed by atoms with E-state index in [2.05, 4.69) is 76.3 Å². The third-order valence-corrected chi connectivity index (χ3v) is 6.78. The zero-order chi connectivity index (χ0) is 24.0. The molecule has 0 saturated carbocycles. The van der Waals surface area contributed by atoms with Crippen molar-refractivity contribution >= 4 is 11.5 Å². The molecule has 2 atom stereocenters. The first-order valence-corrected chi connectivity index (χ1v) is 12.4. The zero-order valence-electron chi connectivity index (χ0n) is 20.0. The first kappa shape index (κ1) is 23.1. The molecular formula is C30H33N5. The number of nitrogens with one attached hydrogen (secondary N) is 2. The van der Waals surface area contributed by atoms with E-state index < -0.39 is 6.04 Å². The summed E-state index contributed by atoms with van der Waals surface area (Å²) in [7, 11) is 0. The summed E-state index contributed by atoms with van der Waals surface area (Å²) in [6, 6.07) is 29.3. The van der Waals surface area contributed by atoms with Gasteiger partial charge in [-0.05, 0) is 48.1 Å². The van der Waals surface area contributed by atoms with Crippen LogP contribution < -0.4 is 22.1 Å². The molecular weight excluding hydrogens is 430 g/mol. The minimum Gasteiger partial charge on any atom is -0.383 e. The Balaban J connectivity index is 1.50. The van der Waals surface area contributed by atoms with Crippen LogP contribution in [0.3, 0.4) is 0 Å². The van der Waals surface area contributed by atoms with Crippen molar-refractivity contribution in [3.63, 3.8) is 0 Å². The van der Waals surface area contributed by atoms with E-state index in [0.717, 1.165) is 60.3 Å². The van der Waals surface area contributed by atoms with Crippen LogP contribution >= 0.6 is 0 Å². The summed E-state index contributed by atoms with van der Waals surface area (Å²) in [6.07, 6.45) is 5.00. The van der Waals surface area contributed by atoms with Crippen molar-refractivity contribution in [2.45, 2.75) is 31.3 Å². The predicted molar refractivity (Wildman–Crippen MR) is 145 cm³/mol. The summed E-state index contributed by atoms with van der Waals surface area (Å²) in [4.78, 5) is 4.57. The van der Waals surface area contributed by atoms with Gasteiger partial charge < -0.3 is 22.1 Å². The van der Waals surface area contributed by atoms with Crippen LogP contribution in [0.25, 0.3) is 11.1 Å². The molecule has 3 aromatic carbocycles. The Morgan fingerprint density at radius 2 is 1.60 bits per heavy atom. The third-order valence-electron chi connectivity index (χ3n) is 6.78. The first-order chi connectivity index (χ1) is 17.2. The standard InChI is InChI=1S/C30H33N5/c31-28(24-15-13-22(14-16-24)18-21-8-3-1-4-9-21)27-29(35-25-12-7-17-33-19-25)26(20-34-30(27)32)23-10-5-2-6-11-23/h1-6,8-11,13-16,20,25,28,33H,7,12,17-19,31H2,(H3,32,34,35). The smallest absolute Gasteiger partial charge is 0.130 e. The van der Waals surface area contributed by atoms with Crippen LogP contribution in [0.4, 0.5) is 11.5 Å². The maximum absolute atomic E-state index is 6.90. The Morgan fingerprint density at radius 1 is 0.914 bits per heavy atom. The van der Waals surface area contributed by atoms with Crippen LogP contribution in [-0.4, -0.2) is 24.1 Å². The fraction of sp³-hybridized carbons (Fsp3) is 0.233. The van der Waals surface area contributed by atoms with E-state index in [1.165, 1.54) is 11.1 Å². The maximum atomic E-state index is 6.90. The van der Waals surface area contributed by atoms with Crippen molar-refractivity contribution in [2.24, 2.45) is 5.73 Å². The molecule has 0 amide bonds. The van der Waals surface area contributed by atoms with Gasteiger partial charge in [0.25, 0.3) is 0 Å². The fourth-order valence-corrected chi connectivity index (χ4v) is 4.87. The SMILES string of the molecule is Nc1ncc(-c2ccccc2)c(NC2CCCNC2)c1C(N)c1ccc(Cc2ccccc2)cc1. The average molecular weight is 464 g/mol. The van der Waals surface area contributed by atoms with Gasteiger partial charge in [0, 0.05) is 29.9 Å². The lowest BCUT2D eigenvalue weighted by Gasteiger charge is -2.29. The Labute approximate surface area is 207 Å². The molecule has 178 valence electrons. The van der Waals surface area contributed by atoms with Crippen LogP contribution in [0, 0.1) is 0 Å². The second-order valence-corrected chi connectivity index (χ2v) is 9.28. The summed E-state index contributed by atoms with van der Waals surface area (Å²) in [6.45, 7) is 1.98. The lowest BCUT2D eigenvalue weighted by atomic mass is 9.92. The normalized spacial score (nSPS) is 16.5. The van der Waals surface area contributed by atoms with Gasteiger partial charge in [-0.15, -0.1) is 0 Å². The van der Waals surface area contributed by atoms with Gasteiger partial charge in [0.1, 0.15) is 5.82 Å². The van der Waals surface area contributed by atoms with Gasteiger partial charge in [-0.1, -0.05) is 84.9 Å². The second-order valence-electron chi connectivity index (χ2n) is 9.28. The number of rotatable bonds is 7. The lowest BCUT2D eigenvalue weighted by Crippen LogP contribution is -2.39. The summed E-state index contributed by atoms with van der Waals surface area (Å²) < 4.78 is 0. The van der Waals surface area contributed by atoms with Crippen LogP contribution in [-0.2, 0) is 6.42 Å². The Kier molecular flexibility index (Phi) is 7.07. The number of aromatic nitrogens is 1. The number of pyridine rings is 1. The van der Waals surface area contributed by atoms with Gasteiger partial charge in [-0.25, -0.2) is 4.98 Å². The predicted octanol–water partition coefficient (Wildman–Crippen LogP) is 5.13. The Morgan fingerprint density at radius 3 is 2.29 bits per heavy atom. The Bertz CT molecular complexity index is 1230. The highest BCUT2D eigenvalue weighted by molar-refractivity contribution is 5.83. The van der Waals surface area contributed by atoms with Crippen molar-refractivity contribution in [2.75, 3.05) is 24.1 Å². The molecule has 5 rings (SSSR count). The molecule has 1 aliphatic rings. The third kappa shape index (κ3) is 5.37. The van der Waals surface area contributed by atoms with E-state index in [9.17, 15) is 0 Å². The molecule has 1 saturated heterocycles. The van der Waals surface area contributed by atoms with Crippen LogP contribution in [0.5, 0.6) is 0 Å². The van der Waals surface area contributed by atoms with Gasteiger partial charge in [0.2, 0.25) is 0 Å². The maximum Gasteiger partial charge on any atom is 0.130 e. The molecule has 0 spiro atoms. The zero-order valence-corrected chi connectivity index (χ0v) is 20.0. The van der Waals surface area contributed by atoms with Gasteiger partial charge in [-0.3, -0.25) is 0 Å². The quantitative estimate of drug-likeness (QED) is 0.305. The number of hydrogen-bond donors (Lipinski definition) is 4. The van der Waals surface area contributed by atoms with E-state index >= 15 is 0 Å². The summed E-state index contributed by atoms with van der Waals surface area (Å²) in [5.41, 5.74) is 20.9. The van der Waals surface area contributed by atoms with E-state index in [0.29, 0.717) is 11.9 Å². The van der Waals surface area contributed by atoms with Crippen molar-refractivity contribution in [1.29, 1.82) is 0 Å². The molecule has 2 heterocycles. The summed E-state index contributed by atoms with van der Waals surface area (Å²) in [5.74, 6) is 0.469. The number of hydrogen-bond acceptors (Lipinski definition) is 5. The summed E-state index contributed by atoms with van der Waals surface area (Å²) in [5, 5.41) is 7.28. The minimum absolute atomic E-state index is 0.312. The highest BCUT2D eigenvalue weighted by Gasteiger charge is 2.24. The molecule has 0 radical (unpaired) electrons. The number of benzene rings is 3. The number of piperidine rings is 1. The summed E-state index contributed by atoms with van der Waals surface area (Å²) >= 11 is 0. The van der Waals surface area contributed by atoms with Crippen molar-refractivity contribution in [1.82, 2.24) is 10.3 Å². The molecule has 1 fully saturated rings. The molecule has 5 nitrogen and oxygen atoms in total. The fourth-order valence-electron chi connectivity index (χ4n) is 4.87. The van der Waals surface area contributed by atoms with Gasteiger partial charge in [0.05, 0.1) is 11.7 Å². The van der Waals surface area contributed by atoms with Gasteiger partial charge in [0.15, 0.2) is 0 Å². The lowest BCUT2D eigenvalue weighted by molar-refractivity contribution is 0.479. The van der Waals surface area contributed by atoms with Gasteiger partial charge >= 0.3 is 0 Å². The molecule has 35 heavy (non-hydrogen) atoms. The molecule has 4 aromatic rings. The monoisotopic (exact) mass is 463 g/mol. The van der Waals surface area contributed by atoms with Crippen molar-refractivity contribution < 1.29 is 0 Å². The van der Waals surface area contributed by atoms with E-state index in [-0.39, 0.29) is 0 Å². The largest absolute Gasteiger partial charge is 0.383 e. The van der Waals surface area contributed by atoms with Crippen molar-refractivity contribution in [3.05, 3.63) is 113 Å². The topological polar surface area (TPSA) is 89.0 Å². The molecule has 0 aliphatic carbocycles. The molecule has 6 N–H and O–H groups in total. The number of nitrogen functional groups attached to an aromatic ring is 1. The van der Waals surface area contributed by atoms with Crippen LogP contribution in [0.1, 0.15) is 41.1 Å². The molecule has 1 aliphatic heterocycles. The number of nitrogens with zero attached hydrogens (tertiary/aromatic N) is 1. The van der Waals surface area contributed by atoms with Crippen LogP contribution in [0.15, 0.2) is 91.1 Å². The number of anilines is 2. The Hall–Kier alpha value is -3.67. The number of nitrogens with two attached hydrogens (primary N) is 2. The molecule has 2 unspecified atom stereocenters. The highest BCUT2D eigenvalue weighted by atomic mass is 15.0. The van der Waals surface area contributed by atoms with E-state index in [1.807, 2.05) is 30.5 Å². The van der Waals surface area contributed by atoms with E-state index in [4.69, 9.17) is 11.5 Å². The molecule has 5 heteroatoms. The van der Waals surface area contributed by atoms with Crippen LogP contribution in [0.2, 0.25) is 0 Å². The van der Waals surface area contributed by atoms with Crippen molar-refractivity contribution in [3.8, 4) is 11.1 Å². The highest BCUT2D eigenvalue weighted by Crippen LogP contribution is 2.38. The minimum atomic E-state index is -0.393. The first-order valence-electron chi connectivity index (χ1n) is 12.4. The average Bonchev–Trinajstić information content (AvgIpc) is 2.91. The molecule has 0 bridgehead atoms. The second kappa shape index (κ2) is 10.7.